The van der Waals surface area contributed by atoms with Gasteiger partial charge in [0.2, 0.25) is 0 Å². The highest BCUT2D eigenvalue weighted by atomic mass is 16.3. The molecular formula is C13H22O2. The third-order valence-corrected chi connectivity index (χ3v) is 3.07. The predicted octanol–water partition coefficient (Wildman–Crippen LogP) is 2.85. The first kappa shape index (κ1) is 12.4. The van der Waals surface area contributed by atoms with Crippen molar-refractivity contribution in [2.24, 2.45) is 5.92 Å². The molecule has 2 nitrogen and oxygen atoms in total. The standard InChI is InChI=1S/C13H22O2/c1-2-12(14)7-5-3-4-6-11-8-9-13(15)10-11/h4,6,11-12,14H,2-3,5,7-10H2,1H3/b6-4+. The van der Waals surface area contributed by atoms with Gasteiger partial charge < -0.3 is 5.11 Å². The van der Waals surface area contributed by atoms with Gasteiger partial charge in [0.15, 0.2) is 0 Å². The first-order valence-corrected chi connectivity index (χ1v) is 6.08. The highest BCUT2D eigenvalue weighted by molar-refractivity contribution is 5.80. The lowest BCUT2D eigenvalue weighted by atomic mass is 10.1. The molecule has 0 radical (unpaired) electrons. The van der Waals surface area contributed by atoms with Gasteiger partial charge in [-0.25, -0.2) is 0 Å². The lowest BCUT2D eigenvalue weighted by molar-refractivity contribution is -0.117. The minimum Gasteiger partial charge on any atom is -0.393 e. The average Bonchev–Trinajstić information content (AvgIpc) is 2.63. The first-order valence-electron chi connectivity index (χ1n) is 6.08. The molecule has 1 aliphatic rings. The minimum absolute atomic E-state index is 0.133. The third kappa shape index (κ3) is 5.12. The molecule has 86 valence electrons. The molecule has 2 unspecified atom stereocenters. The molecule has 2 atom stereocenters. The van der Waals surface area contributed by atoms with E-state index in [4.69, 9.17) is 0 Å². The minimum atomic E-state index is -0.133. The van der Waals surface area contributed by atoms with E-state index in [0.29, 0.717) is 11.7 Å². The summed E-state index contributed by atoms with van der Waals surface area (Å²) >= 11 is 0. The number of carbonyl (C=O) groups is 1. The number of allylic oxidation sites excluding steroid dienone is 2. The van der Waals surface area contributed by atoms with E-state index in [2.05, 4.69) is 12.2 Å². The second-order valence-electron chi connectivity index (χ2n) is 4.46. The molecule has 0 bridgehead atoms. The number of hydrogen-bond donors (Lipinski definition) is 1. The quantitative estimate of drug-likeness (QED) is 0.540. The largest absolute Gasteiger partial charge is 0.393 e. The molecule has 0 saturated heterocycles. The van der Waals surface area contributed by atoms with Crippen molar-refractivity contribution in [3.05, 3.63) is 12.2 Å². The summed E-state index contributed by atoms with van der Waals surface area (Å²) in [5.41, 5.74) is 0. The maximum atomic E-state index is 11.0. The van der Waals surface area contributed by atoms with Crippen LogP contribution in [0.15, 0.2) is 12.2 Å². The molecule has 1 N–H and O–H groups in total. The lowest BCUT2D eigenvalue weighted by Gasteiger charge is -2.05. The zero-order valence-corrected chi connectivity index (χ0v) is 9.61. The Bertz CT molecular complexity index is 221. The normalized spacial score (nSPS) is 23.9. The molecule has 0 aliphatic heterocycles. The predicted molar refractivity (Wildman–Crippen MR) is 61.6 cm³/mol. The van der Waals surface area contributed by atoms with E-state index in [1.807, 2.05) is 6.92 Å². The monoisotopic (exact) mass is 210 g/mol. The number of aliphatic hydroxyl groups excluding tert-OH is 1. The Morgan fingerprint density at radius 2 is 2.40 bits per heavy atom. The second-order valence-corrected chi connectivity index (χ2v) is 4.46. The maximum Gasteiger partial charge on any atom is 0.133 e. The number of hydrogen-bond acceptors (Lipinski definition) is 2. The van der Waals surface area contributed by atoms with Gasteiger partial charge in [0.25, 0.3) is 0 Å². The van der Waals surface area contributed by atoms with Crippen LogP contribution in [0.1, 0.15) is 51.9 Å². The molecular weight excluding hydrogens is 188 g/mol. The van der Waals surface area contributed by atoms with Crippen molar-refractivity contribution >= 4 is 5.78 Å². The summed E-state index contributed by atoms with van der Waals surface area (Å²) in [5, 5.41) is 9.33. The molecule has 0 heterocycles. The summed E-state index contributed by atoms with van der Waals surface area (Å²) in [6.45, 7) is 2.00. The molecule has 15 heavy (non-hydrogen) atoms. The summed E-state index contributed by atoms with van der Waals surface area (Å²) in [4.78, 5) is 11.0. The van der Waals surface area contributed by atoms with Gasteiger partial charge in [-0.05, 0) is 38.0 Å². The van der Waals surface area contributed by atoms with Crippen molar-refractivity contribution in [1.29, 1.82) is 0 Å². The summed E-state index contributed by atoms with van der Waals surface area (Å²) < 4.78 is 0. The number of carbonyl (C=O) groups excluding carboxylic acids is 1. The fourth-order valence-corrected chi connectivity index (χ4v) is 1.97. The molecule has 0 aromatic rings. The fourth-order valence-electron chi connectivity index (χ4n) is 1.97. The Morgan fingerprint density at radius 1 is 1.60 bits per heavy atom. The highest BCUT2D eigenvalue weighted by Gasteiger charge is 2.18. The number of Topliss-reactive ketones (excluding diaryl/α,β-unsaturated/α-hetero) is 1. The van der Waals surface area contributed by atoms with Crippen LogP contribution >= 0.6 is 0 Å². The number of rotatable bonds is 6. The first-order chi connectivity index (χ1) is 7.22. The fraction of sp³-hybridized carbons (Fsp3) is 0.769. The van der Waals surface area contributed by atoms with Crippen LogP contribution in [0, 0.1) is 5.92 Å². The van der Waals surface area contributed by atoms with Gasteiger partial charge in [-0.15, -0.1) is 0 Å². The molecule has 0 amide bonds. The van der Waals surface area contributed by atoms with Crippen molar-refractivity contribution in [1.82, 2.24) is 0 Å². The Labute approximate surface area is 92.4 Å². The van der Waals surface area contributed by atoms with E-state index in [1.54, 1.807) is 0 Å². The van der Waals surface area contributed by atoms with E-state index in [-0.39, 0.29) is 6.10 Å². The Balaban J connectivity index is 2.04. The lowest BCUT2D eigenvalue weighted by Crippen LogP contribution is -2.02. The van der Waals surface area contributed by atoms with Crippen LogP contribution in [0.4, 0.5) is 0 Å². The molecule has 0 aromatic heterocycles. The van der Waals surface area contributed by atoms with E-state index in [9.17, 15) is 9.90 Å². The van der Waals surface area contributed by atoms with Crippen LogP contribution in [-0.4, -0.2) is 17.0 Å². The molecule has 1 rings (SSSR count). The van der Waals surface area contributed by atoms with E-state index >= 15 is 0 Å². The summed E-state index contributed by atoms with van der Waals surface area (Å²) in [7, 11) is 0. The zero-order chi connectivity index (χ0) is 11.1. The van der Waals surface area contributed by atoms with E-state index in [1.165, 1.54) is 0 Å². The topological polar surface area (TPSA) is 37.3 Å². The van der Waals surface area contributed by atoms with Crippen molar-refractivity contribution in [3.63, 3.8) is 0 Å². The van der Waals surface area contributed by atoms with Gasteiger partial charge in [-0.3, -0.25) is 4.79 Å². The molecule has 0 aromatic carbocycles. The average molecular weight is 210 g/mol. The Morgan fingerprint density at radius 3 is 3.00 bits per heavy atom. The zero-order valence-electron chi connectivity index (χ0n) is 9.61. The van der Waals surface area contributed by atoms with Crippen LogP contribution in [0.25, 0.3) is 0 Å². The van der Waals surface area contributed by atoms with E-state index < -0.39 is 0 Å². The molecule has 1 fully saturated rings. The smallest absolute Gasteiger partial charge is 0.133 e. The molecule has 2 heteroatoms. The van der Waals surface area contributed by atoms with Crippen molar-refractivity contribution < 1.29 is 9.90 Å². The summed E-state index contributed by atoms with van der Waals surface area (Å²) in [5.74, 6) is 0.902. The van der Waals surface area contributed by atoms with Crippen LogP contribution in [0.2, 0.25) is 0 Å². The molecule has 0 spiro atoms. The van der Waals surface area contributed by atoms with Gasteiger partial charge >= 0.3 is 0 Å². The third-order valence-electron chi connectivity index (χ3n) is 3.07. The molecule has 1 saturated carbocycles. The summed E-state index contributed by atoms with van der Waals surface area (Å²) in [6.07, 6.45) is 10.6. The van der Waals surface area contributed by atoms with Crippen LogP contribution < -0.4 is 0 Å². The van der Waals surface area contributed by atoms with Gasteiger partial charge in [0.1, 0.15) is 5.78 Å². The van der Waals surface area contributed by atoms with Gasteiger partial charge in [-0.2, -0.15) is 0 Å². The van der Waals surface area contributed by atoms with Crippen LogP contribution in [0.3, 0.4) is 0 Å². The van der Waals surface area contributed by atoms with Crippen LogP contribution in [0.5, 0.6) is 0 Å². The van der Waals surface area contributed by atoms with Crippen molar-refractivity contribution in [2.75, 3.05) is 0 Å². The van der Waals surface area contributed by atoms with E-state index in [0.717, 1.165) is 44.9 Å². The second kappa shape index (κ2) is 6.78. The van der Waals surface area contributed by atoms with Gasteiger partial charge in [0, 0.05) is 12.8 Å². The Kier molecular flexibility index (Phi) is 5.62. The van der Waals surface area contributed by atoms with Crippen molar-refractivity contribution in [3.8, 4) is 0 Å². The Hall–Kier alpha value is -0.630. The number of aliphatic hydroxyl groups is 1. The maximum absolute atomic E-state index is 11.0. The van der Waals surface area contributed by atoms with Crippen LogP contribution in [-0.2, 0) is 4.79 Å². The number of ketones is 1. The molecule has 1 aliphatic carbocycles. The van der Waals surface area contributed by atoms with Gasteiger partial charge in [-0.1, -0.05) is 19.1 Å². The SMILES string of the molecule is CCC(O)CCC/C=C/C1CCC(=O)C1. The number of unbranched alkanes of at least 4 members (excludes halogenated alkanes) is 1. The van der Waals surface area contributed by atoms with Gasteiger partial charge in [0.05, 0.1) is 6.10 Å². The highest BCUT2D eigenvalue weighted by Crippen LogP contribution is 2.23. The summed E-state index contributed by atoms with van der Waals surface area (Å²) in [6, 6.07) is 0. The van der Waals surface area contributed by atoms with Crippen molar-refractivity contribution in [2.45, 2.75) is 58.0 Å².